The first-order chi connectivity index (χ1) is 6.56. The molecule has 0 amide bonds. The van der Waals surface area contributed by atoms with Gasteiger partial charge in [-0.15, -0.1) is 0 Å². The maximum absolute atomic E-state index is 13.0. The Bertz CT molecular complexity index is 312. The lowest BCUT2D eigenvalue weighted by atomic mass is 10.2. The predicted octanol–water partition coefficient (Wildman–Crippen LogP) is 2.68. The third-order valence-electron chi connectivity index (χ3n) is 2.30. The fraction of sp³-hybridized carbons (Fsp3) is 0.455. The standard InChI is InChI=1S/C11H16FNO/c1-8(2)13(3)10-7-9(12)5-6-11(10)14-4/h5-8H,1-4H3. The minimum atomic E-state index is -0.242. The van der Waals surface area contributed by atoms with Gasteiger partial charge in [0.05, 0.1) is 12.8 Å². The van der Waals surface area contributed by atoms with E-state index in [1.807, 2.05) is 25.8 Å². The quantitative estimate of drug-likeness (QED) is 0.738. The molecule has 0 spiro atoms. The zero-order chi connectivity index (χ0) is 10.7. The molecule has 3 heteroatoms. The lowest BCUT2D eigenvalue weighted by Gasteiger charge is -2.25. The Morgan fingerprint density at radius 3 is 2.50 bits per heavy atom. The van der Waals surface area contributed by atoms with Crippen LogP contribution < -0.4 is 9.64 Å². The monoisotopic (exact) mass is 197 g/mol. The van der Waals surface area contributed by atoms with E-state index in [1.165, 1.54) is 12.1 Å². The first-order valence-electron chi connectivity index (χ1n) is 4.62. The summed E-state index contributed by atoms with van der Waals surface area (Å²) in [5.41, 5.74) is 0.780. The molecule has 2 nitrogen and oxygen atoms in total. The van der Waals surface area contributed by atoms with Gasteiger partial charge in [-0.05, 0) is 26.0 Å². The van der Waals surface area contributed by atoms with Gasteiger partial charge in [0.25, 0.3) is 0 Å². The summed E-state index contributed by atoms with van der Waals surface area (Å²) in [6, 6.07) is 4.84. The molecule has 0 N–H and O–H groups in total. The zero-order valence-corrected chi connectivity index (χ0v) is 9.04. The van der Waals surface area contributed by atoms with Crippen LogP contribution in [0.2, 0.25) is 0 Å². The molecule has 1 aromatic carbocycles. The minimum absolute atomic E-state index is 0.242. The number of benzene rings is 1. The Kier molecular flexibility index (Phi) is 3.33. The Labute approximate surface area is 84.3 Å². The maximum atomic E-state index is 13.0. The lowest BCUT2D eigenvalue weighted by Crippen LogP contribution is -2.26. The molecule has 0 aromatic heterocycles. The van der Waals surface area contributed by atoms with Crippen LogP contribution in [-0.4, -0.2) is 20.2 Å². The molecule has 0 saturated carbocycles. The largest absolute Gasteiger partial charge is 0.495 e. The number of rotatable bonds is 3. The van der Waals surface area contributed by atoms with Crippen LogP contribution in [0.3, 0.4) is 0 Å². The fourth-order valence-corrected chi connectivity index (χ4v) is 1.22. The number of anilines is 1. The van der Waals surface area contributed by atoms with Crippen LogP contribution in [0.1, 0.15) is 13.8 Å². The molecule has 1 rings (SSSR count). The predicted molar refractivity (Wildman–Crippen MR) is 56.5 cm³/mol. The van der Waals surface area contributed by atoms with E-state index in [0.29, 0.717) is 11.8 Å². The van der Waals surface area contributed by atoms with Gasteiger partial charge in [-0.2, -0.15) is 0 Å². The number of nitrogens with zero attached hydrogens (tertiary/aromatic N) is 1. The van der Waals surface area contributed by atoms with E-state index in [9.17, 15) is 4.39 Å². The second-order valence-corrected chi connectivity index (χ2v) is 3.52. The molecule has 0 saturated heterocycles. The van der Waals surface area contributed by atoms with Crippen molar-refractivity contribution in [3.05, 3.63) is 24.0 Å². The van der Waals surface area contributed by atoms with Gasteiger partial charge in [0, 0.05) is 19.2 Å². The molecule has 0 aliphatic carbocycles. The summed E-state index contributed by atoms with van der Waals surface area (Å²) in [7, 11) is 3.51. The van der Waals surface area contributed by atoms with E-state index in [0.717, 1.165) is 5.69 Å². The lowest BCUT2D eigenvalue weighted by molar-refractivity contribution is 0.413. The molecule has 0 atom stereocenters. The molecule has 0 heterocycles. The van der Waals surface area contributed by atoms with Crippen molar-refractivity contribution in [3.8, 4) is 5.75 Å². The first kappa shape index (κ1) is 10.8. The van der Waals surface area contributed by atoms with Crippen LogP contribution in [-0.2, 0) is 0 Å². The number of hydrogen-bond acceptors (Lipinski definition) is 2. The molecule has 0 fully saturated rings. The zero-order valence-electron chi connectivity index (χ0n) is 9.04. The van der Waals surface area contributed by atoms with Crippen molar-refractivity contribution in [2.75, 3.05) is 19.1 Å². The van der Waals surface area contributed by atoms with Gasteiger partial charge in [0.2, 0.25) is 0 Å². The fourth-order valence-electron chi connectivity index (χ4n) is 1.22. The van der Waals surface area contributed by atoms with Crippen LogP contribution in [0, 0.1) is 5.82 Å². The Morgan fingerprint density at radius 1 is 1.36 bits per heavy atom. The highest BCUT2D eigenvalue weighted by atomic mass is 19.1. The van der Waals surface area contributed by atoms with Gasteiger partial charge >= 0.3 is 0 Å². The highest BCUT2D eigenvalue weighted by Crippen LogP contribution is 2.29. The molecule has 1 aromatic rings. The molecule has 0 aliphatic rings. The summed E-state index contributed by atoms with van der Waals surface area (Å²) in [5.74, 6) is 0.455. The molecule has 78 valence electrons. The van der Waals surface area contributed by atoms with Gasteiger partial charge in [-0.25, -0.2) is 4.39 Å². The molecular weight excluding hydrogens is 181 g/mol. The van der Waals surface area contributed by atoms with Crippen molar-refractivity contribution in [3.63, 3.8) is 0 Å². The number of methoxy groups -OCH3 is 1. The van der Waals surface area contributed by atoms with Gasteiger partial charge in [0.15, 0.2) is 0 Å². The van der Waals surface area contributed by atoms with E-state index in [-0.39, 0.29) is 5.82 Å². The van der Waals surface area contributed by atoms with E-state index in [2.05, 4.69) is 0 Å². The summed E-state index contributed by atoms with van der Waals surface area (Å²) >= 11 is 0. The highest BCUT2D eigenvalue weighted by Gasteiger charge is 2.11. The highest BCUT2D eigenvalue weighted by molar-refractivity contribution is 5.58. The van der Waals surface area contributed by atoms with E-state index in [4.69, 9.17) is 4.74 Å². The summed E-state index contributed by atoms with van der Waals surface area (Å²) in [6.07, 6.45) is 0. The van der Waals surface area contributed by atoms with E-state index in [1.54, 1.807) is 13.2 Å². The van der Waals surface area contributed by atoms with Gasteiger partial charge < -0.3 is 9.64 Å². The van der Waals surface area contributed by atoms with E-state index >= 15 is 0 Å². The first-order valence-corrected chi connectivity index (χ1v) is 4.62. The minimum Gasteiger partial charge on any atom is -0.495 e. The molecular formula is C11H16FNO. The number of hydrogen-bond donors (Lipinski definition) is 0. The second-order valence-electron chi connectivity index (χ2n) is 3.52. The van der Waals surface area contributed by atoms with Crippen LogP contribution in [0.5, 0.6) is 5.75 Å². The maximum Gasteiger partial charge on any atom is 0.142 e. The van der Waals surface area contributed by atoms with Crippen molar-refractivity contribution in [1.29, 1.82) is 0 Å². The third-order valence-corrected chi connectivity index (χ3v) is 2.30. The van der Waals surface area contributed by atoms with Crippen molar-refractivity contribution in [2.45, 2.75) is 19.9 Å². The van der Waals surface area contributed by atoms with Crippen molar-refractivity contribution in [1.82, 2.24) is 0 Å². The molecule has 0 radical (unpaired) electrons. The normalized spacial score (nSPS) is 10.4. The van der Waals surface area contributed by atoms with Gasteiger partial charge in [0.1, 0.15) is 11.6 Å². The molecule has 0 unspecified atom stereocenters. The molecule has 0 aliphatic heterocycles. The summed E-state index contributed by atoms with van der Waals surface area (Å²) in [4.78, 5) is 1.97. The number of ether oxygens (including phenoxy) is 1. The summed E-state index contributed by atoms with van der Waals surface area (Å²) < 4.78 is 18.2. The number of halogens is 1. The smallest absolute Gasteiger partial charge is 0.142 e. The van der Waals surface area contributed by atoms with Crippen LogP contribution in [0.25, 0.3) is 0 Å². The Morgan fingerprint density at radius 2 is 2.00 bits per heavy atom. The molecule has 14 heavy (non-hydrogen) atoms. The van der Waals surface area contributed by atoms with Crippen LogP contribution in [0.4, 0.5) is 10.1 Å². The SMILES string of the molecule is COc1ccc(F)cc1N(C)C(C)C. The molecule has 0 bridgehead atoms. The topological polar surface area (TPSA) is 12.5 Å². The van der Waals surface area contributed by atoms with Crippen LogP contribution >= 0.6 is 0 Å². The summed E-state index contributed by atoms with van der Waals surface area (Å²) in [5, 5.41) is 0. The Balaban J connectivity index is 3.10. The van der Waals surface area contributed by atoms with Crippen molar-refractivity contribution in [2.24, 2.45) is 0 Å². The van der Waals surface area contributed by atoms with Crippen molar-refractivity contribution < 1.29 is 9.13 Å². The van der Waals surface area contributed by atoms with E-state index < -0.39 is 0 Å². The average Bonchev–Trinajstić information content (AvgIpc) is 2.16. The summed E-state index contributed by atoms with van der Waals surface area (Å²) in [6.45, 7) is 4.09. The van der Waals surface area contributed by atoms with Gasteiger partial charge in [-0.3, -0.25) is 0 Å². The van der Waals surface area contributed by atoms with Crippen LogP contribution in [0.15, 0.2) is 18.2 Å². The van der Waals surface area contributed by atoms with Crippen molar-refractivity contribution >= 4 is 5.69 Å². The third kappa shape index (κ3) is 2.16. The second kappa shape index (κ2) is 4.31. The van der Waals surface area contributed by atoms with Gasteiger partial charge in [-0.1, -0.05) is 0 Å². The average molecular weight is 197 g/mol. The Hall–Kier alpha value is -1.25.